The lowest BCUT2D eigenvalue weighted by Gasteiger charge is -2.35. The predicted octanol–water partition coefficient (Wildman–Crippen LogP) is 7.10. The number of benzene rings is 2. The second kappa shape index (κ2) is 16.4. The summed E-state index contributed by atoms with van der Waals surface area (Å²) in [5.41, 5.74) is 8.46. The smallest absolute Gasteiger partial charge is 0.417 e. The molecule has 0 aromatic heterocycles. The van der Waals surface area contributed by atoms with Crippen LogP contribution >= 0.6 is 0 Å². The van der Waals surface area contributed by atoms with Crippen molar-refractivity contribution in [3.63, 3.8) is 0 Å². The molecule has 1 unspecified atom stereocenters. The monoisotopic (exact) mass is 578 g/mol. The average molecular weight is 579 g/mol. The molecule has 0 radical (unpaired) electrons. The maximum Gasteiger partial charge on any atom is 0.417 e. The molecular weight excluding hydrogens is 528 g/mol. The van der Waals surface area contributed by atoms with E-state index < -0.39 is 29.2 Å². The van der Waals surface area contributed by atoms with E-state index >= 15 is 0 Å². The summed E-state index contributed by atoms with van der Waals surface area (Å²) in [6, 6.07) is 16.4. The van der Waals surface area contributed by atoms with E-state index in [1.165, 1.54) is 4.90 Å². The molecule has 2 saturated heterocycles. The van der Waals surface area contributed by atoms with Crippen LogP contribution in [-0.2, 0) is 30.2 Å². The maximum absolute atomic E-state index is 13.5. The third kappa shape index (κ3) is 7.97. The number of allylic oxidation sites excluding steroid dienone is 3. The summed E-state index contributed by atoms with van der Waals surface area (Å²) in [7, 11) is 0. The summed E-state index contributed by atoms with van der Waals surface area (Å²) in [6.07, 6.45) is 6.98. The fourth-order valence-corrected chi connectivity index (χ4v) is 5.07. The Morgan fingerprint density at radius 2 is 1.64 bits per heavy atom. The number of amides is 2. The molecular formula is C35H50N2O5. The molecule has 3 atom stereocenters. The highest BCUT2D eigenvalue weighted by Crippen LogP contribution is 2.39. The molecule has 2 heterocycles. The third-order valence-electron chi connectivity index (χ3n) is 7.55. The first-order valence-corrected chi connectivity index (χ1v) is 15.1. The van der Waals surface area contributed by atoms with Gasteiger partial charge in [0.05, 0.1) is 25.3 Å². The Bertz CT molecular complexity index is 1150. The molecule has 7 heteroatoms. The predicted molar refractivity (Wildman–Crippen MR) is 169 cm³/mol. The lowest BCUT2D eigenvalue weighted by molar-refractivity contribution is -0.132. The number of rotatable bonds is 9. The zero-order chi connectivity index (χ0) is 31.3. The van der Waals surface area contributed by atoms with Gasteiger partial charge in [0, 0.05) is 16.5 Å². The van der Waals surface area contributed by atoms with Crippen LogP contribution < -0.4 is 5.73 Å². The van der Waals surface area contributed by atoms with Gasteiger partial charge in [-0.15, -0.1) is 6.58 Å². The SMILES string of the molecule is C/C=C\C(C)C[C@H]1COC(=O)N1C(=O)[C@@H](N)C(C)(C)c1ccc(C2(c3ccccc3)OCCO2)cc1.C=CCC.CC. The highest BCUT2D eigenvalue weighted by Gasteiger charge is 2.45. The Hall–Kier alpha value is -3.26. The molecule has 2 aromatic carbocycles. The molecule has 0 bridgehead atoms. The molecule has 0 aliphatic carbocycles. The number of hydrogen-bond acceptors (Lipinski definition) is 6. The quantitative estimate of drug-likeness (QED) is 0.319. The Kier molecular flexibility index (Phi) is 13.6. The maximum atomic E-state index is 13.5. The van der Waals surface area contributed by atoms with Gasteiger partial charge in [0.25, 0.3) is 0 Å². The van der Waals surface area contributed by atoms with Crippen molar-refractivity contribution in [3.05, 3.63) is 96.1 Å². The number of cyclic esters (lactones) is 1. The van der Waals surface area contributed by atoms with E-state index in [0.717, 1.165) is 23.1 Å². The van der Waals surface area contributed by atoms with Crippen LogP contribution in [0.25, 0.3) is 0 Å². The minimum atomic E-state index is -0.960. The molecule has 2 N–H and O–H groups in total. The van der Waals surface area contributed by atoms with Gasteiger partial charge >= 0.3 is 6.09 Å². The fourth-order valence-electron chi connectivity index (χ4n) is 5.07. The van der Waals surface area contributed by atoms with Crippen LogP contribution in [-0.4, -0.2) is 48.8 Å². The summed E-state index contributed by atoms with van der Waals surface area (Å²) in [5, 5.41) is 0. The van der Waals surface area contributed by atoms with Gasteiger partial charge in [-0.05, 0) is 31.2 Å². The van der Waals surface area contributed by atoms with Crippen LogP contribution in [0, 0.1) is 5.92 Å². The first-order valence-electron chi connectivity index (χ1n) is 15.1. The zero-order valence-corrected chi connectivity index (χ0v) is 26.5. The molecule has 0 spiro atoms. The van der Waals surface area contributed by atoms with Gasteiger partial charge in [0.15, 0.2) is 0 Å². The summed E-state index contributed by atoms with van der Waals surface area (Å²) in [5.74, 6) is -1.18. The minimum absolute atomic E-state index is 0.190. The van der Waals surface area contributed by atoms with Crippen molar-refractivity contribution >= 4 is 12.0 Å². The van der Waals surface area contributed by atoms with Gasteiger partial charge in [0.1, 0.15) is 6.61 Å². The van der Waals surface area contributed by atoms with Crippen LogP contribution in [0.1, 0.15) is 78.0 Å². The van der Waals surface area contributed by atoms with Gasteiger partial charge < -0.3 is 19.9 Å². The fraction of sp³-hybridized carbons (Fsp3) is 0.486. The van der Waals surface area contributed by atoms with Gasteiger partial charge in [-0.3, -0.25) is 4.79 Å². The lowest BCUT2D eigenvalue weighted by atomic mass is 9.76. The van der Waals surface area contributed by atoms with E-state index in [2.05, 4.69) is 26.5 Å². The largest absolute Gasteiger partial charge is 0.447 e. The zero-order valence-electron chi connectivity index (χ0n) is 26.5. The van der Waals surface area contributed by atoms with Crippen molar-refractivity contribution in [1.29, 1.82) is 0 Å². The van der Waals surface area contributed by atoms with Crippen LogP contribution in [0.5, 0.6) is 0 Å². The Balaban J connectivity index is 0.000000947. The summed E-state index contributed by atoms with van der Waals surface area (Å²) >= 11 is 0. The normalized spacial score (nSPS) is 19.2. The molecule has 2 aliphatic heterocycles. The summed E-state index contributed by atoms with van der Waals surface area (Å²) in [4.78, 5) is 27.2. The van der Waals surface area contributed by atoms with Gasteiger partial charge in [0.2, 0.25) is 11.7 Å². The van der Waals surface area contributed by atoms with Crippen molar-refractivity contribution in [2.75, 3.05) is 19.8 Å². The van der Waals surface area contributed by atoms with Crippen molar-refractivity contribution in [2.24, 2.45) is 11.7 Å². The molecule has 2 aromatic rings. The molecule has 230 valence electrons. The van der Waals surface area contributed by atoms with Crippen LogP contribution in [0.2, 0.25) is 0 Å². The number of ether oxygens (including phenoxy) is 3. The van der Waals surface area contributed by atoms with E-state index in [9.17, 15) is 9.59 Å². The third-order valence-corrected chi connectivity index (χ3v) is 7.55. The summed E-state index contributed by atoms with van der Waals surface area (Å²) in [6.45, 7) is 18.6. The van der Waals surface area contributed by atoms with E-state index in [-0.39, 0.29) is 18.6 Å². The average Bonchev–Trinajstić information content (AvgIpc) is 3.66. The minimum Gasteiger partial charge on any atom is -0.447 e. The highest BCUT2D eigenvalue weighted by molar-refractivity contribution is 5.97. The second-order valence-corrected chi connectivity index (χ2v) is 10.8. The number of nitrogens with two attached hydrogens (primary N) is 1. The van der Waals surface area contributed by atoms with E-state index in [1.807, 2.05) is 101 Å². The lowest BCUT2D eigenvalue weighted by Crippen LogP contribution is -2.55. The summed E-state index contributed by atoms with van der Waals surface area (Å²) < 4.78 is 17.4. The van der Waals surface area contributed by atoms with Crippen molar-refractivity contribution in [2.45, 2.75) is 84.6 Å². The van der Waals surface area contributed by atoms with Gasteiger partial charge in [-0.1, -0.05) is 114 Å². The van der Waals surface area contributed by atoms with E-state index in [0.29, 0.717) is 19.6 Å². The van der Waals surface area contributed by atoms with Crippen molar-refractivity contribution < 1.29 is 23.8 Å². The van der Waals surface area contributed by atoms with E-state index in [1.54, 1.807) is 0 Å². The Labute approximate surface area is 252 Å². The molecule has 42 heavy (non-hydrogen) atoms. The van der Waals surface area contributed by atoms with Crippen molar-refractivity contribution in [1.82, 2.24) is 4.90 Å². The highest BCUT2D eigenvalue weighted by atomic mass is 16.7. The second-order valence-electron chi connectivity index (χ2n) is 10.8. The van der Waals surface area contributed by atoms with Crippen LogP contribution in [0.4, 0.5) is 4.79 Å². The molecule has 2 fully saturated rings. The number of nitrogens with zero attached hydrogens (tertiary/aromatic N) is 1. The number of hydrogen-bond donors (Lipinski definition) is 1. The molecule has 0 saturated carbocycles. The molecule has 2 aliphatic rings. The molecule has 4 rings (SSSR count). The standard InChI is InChI=1S/C29H36N2O5.C4H8.C2H6/c1-5-9-20(2)18-24-19-34-27(33)31(24)26(32)25(30)28(3,4)21-12-14-23(15-13-21)29(35-16-17-36-29)22-10-7-6-8-11-22;1-3-4-2;1-2/h5-15,20,24-25H,16-19,30H2,1-4H3;3H,1,4H2,2H3;1-2H3/b9-5-;;/t20?,24-,25+;;/m0../s1. The first-order chi connectivity index (χ1) is 20.1. The number of imide groups is 1. The van der Waals surface area contributed by atoms with Crippen molar-refractivity contribution in [3.8, 4) is 0 Å². The van der Waals surface area contributed by atoms with E-state index in [4.69, 9.17) is 19.9 Å². The Morgan fingerprint density at radius 3 is 2.17 bits per heavy atom. The van der Waals surface area contributed by atoms with Crippen LogP contribution in [0.15, 0.2) is 79.4 Å². The molecule has 2 amide bonds. The first kappa shape index (κ1) is 34.9. The van der Waals surface area contributed by atoms with Crippen LogP contribution in [0.3, 0.4) is 0 Å². The molecule has 7 nitrogen and oxygen atoms in total. The topological polar surface area (TPSA) is 91.1 Å². The van der Waals surface area contributed by atoms with Gasteiger partial charge in [-0.2, -0.15) is 0 Å². The number of carbonyl (C=O) groups is 2. The Morgan fingerprint density at radius 1 is 1.10 bits per heavy atom. The number of carbonyl (C=O) groups excluding carboxylic acids is 2. The van der Waals surface area contributed by atoms with Gasteiger partial charge in [-0.25, -0.2) is 9.69 Å².